The number of phosphoric ester groups is 1. The molecule has 8 N–H and O–H groups in total. The summed E-state index contributed by atoms with van der Waals surface area (Å²) in [5.41, 5.74) is 10.1. The van der Waals surface area contributed by atoms with Gasteiger partial charge in [0.25, 0.3) is 5.56 Å². The van der Waals surface area contributed by atoms with Gasteiger partial charge in [-0.2, -0.15) is 9.67 Å². The molecule has 2 unspecified atom stereocenters. The second-order valence-electron chi connectivity index (χ2n) is 11.2. The molecule has 1 spiro atoms. The van der Waals surface area contributed by atoms with Crippen molar-refractivity contribution in [1.82, 2.24) is 44.5 Å². The zero-order valence-electron chi connectivity index (χ0n) is 22.7. The van der Waals surface area contributed by atoms with Gasteiger partial charge in [-0.05, 0) is 12.3 Å². The van der Waals surface area contributed by atoms with Gasteiger partial charge in [-0.3, -0.25) is 23.4 Å². The van der Waals surface area contributed by atoms with E-state index in [0.29, 0.717) is 17.6 Å². The molecule has 2 bridgehead atoms. The van der Waals surface area contributed by atoms with Crippen LogP contribution in [-0.4, -0.2) is 103 Å². The summed E-state index contributed by atoms with van der Waals surface area (Å²) in [4.78, 5) is 41.8. The number of nitrogens with one attached hydrogen (secondary N) is 1. The maximum Gasteiger partial charge on any atom is 0.472 e. The molecule has 2 saturated heterocycles. The molecule has 8 rings (SSSR count). The Morgan fingerprint density at radius 1 is 1.16 bits per heavy atom. The van der Waals surface area contributed by atoms with Crippen LogP contribution >= 0.6 is 16.1 Å². The van der Waals surface area contributed by atoms with Crippen LogP contribution in [0.25, 0.3) is 22.3 Å². The molecule has 240 valence electrons. The molecule has 2 aliphatic heterocycles. The number of imidazole rings is 1. The van der Waals surface area contributed by atoms with Crippen LogP contribution in [0.5, 0.6) is 0 Å². The van der Waals surface area contributed by atoms with E-state index >= 15 is 0 Å². The van der Waals surface area contributed by atoms with E-state index in [1.54, 1.807) is 4.57 Å². The lowest BCUT2D eigenvalue weighted by Crippen LogP contribution is -2.37. The lowest BCUT2D eigenvalue weighted by molar-refractivity contribution is -0.0635. The minimum absolute atomic E-state index is 0.137. The Bertz CT molecular complexity index is 1970. The minimum Gasteiger partial charge on any atom is -0.388 e. The largest absolute Gasteiger partial charge is 0.472 e. The highest BCUT2D eigenvalue weighted by Crippen LogP contribution is 2.71. The Kier molecular flexibility index (Phi) is 6.47. The average molecular weight is 669 g/mol. The number of aromatic nitrogens is 9. The smallest absolute Gasteiger partial charge is 0.388 e. The Labute approximate surface area is 250 Å². The van der Waals surface area contributed by atoms with Gasteiger partial charge in [0, 0.05) is 5.41 Å². The van der Waals surface area contributed by atoms with E-state index in [1.807, 2.05) is 0 Å². The Morgan fingerprint density at radius 2 is 1.98 bits per heavy atom. The summed E-state index contributed by atoms with van der Waals surface area (Å²) in [5, 5.41) is 30.1. The standard InChI is InChI=1S/C21H25N11O11P2/c22-15-8-16(25-4-24-15)31(5-26-8)10-6-1-21(6)3-40-45(37,38)43-13-11(33)7(2-39-44(36)42-14(21)12(10)34)41-19(13)32-17-9(29-30-32)18(35)28-20(23)27-17/h4-7,10-14,19,33-34,44H,1-3H2,(H,37,38)(H2,22,24,25)(H3,23,27,28,35)/t6-,7-,10-,11-,12+,13-,14+,19-,21+/m1/s1. The molecule has 4 fully saturated rings. The summed E-state index contributed by atoms with van der Waals surface area (Å²) in [5.74, 6) is -0.538. The Balaban J connectivity index is 1.12. The predicted octanol–water partition coefficient (Wildman–Crippen LogP) is -1.99. The first kappa shape index (κ1) is 29.0. The van der Waals surface area contributed by atoms with Gasteiger partial charge in [0.2, 0.25) is 5.95 Å². The van der Waals surface area contributed by atoms with Crippen molar-refractivity contribution in [3.63, 3.8) is 0 Å². The molecule has 0 amide bonds. The monoisotopic (exact) mass is 669 g/mol. The number of hydrogen-bond acceptors (Lipinski definition) is 18. The normalized spacial score (nSPS) is 40.0. The van der Waals surface area contributed by atoms with Crippen LogP contribution in [0.15, 0.2) is 17.4 Å². The number of nitrogens with zero attached hydrogens (tertiary/aromatic N) is 8. The summed E-state index contributed by atoms with van der Waals surface area (Å²) in [7, 11) is -8.37. The third-order valence-electron chi connectivity index (χ3n) is 8.77. The summed E-state index contributed by atoms with van der Waals surface area (Å²) in [6.07, 6.45) is -5.51. The second-order valence-corrected chi connectivity index (χ2v) is 13.7. The number of fused-ring (bicyclic) bond motifs is 4. The predicted molar refractivity (Wildman–Crippen MR) is 146 cm³/mol. The van der Waals surface area contributed by atoms with Crippen molar-refractivity contribution in [3.05, 3.63) is 23.0 Å². The lowest BCUT2D eigenvalue weighted by Gasteiger charge is -2.29. The number of aliphatic hydroxyl groups excluding tert-OH is 2. The van der Waals surface area contributed by atoms with E-state index in [2.05, 4.69) is 35.2 Å². The number of phosphoric acid groups is 1. The van der Waals surface area contributed by atoms with Crippen LogP contribution in [-0.2, 0) is 32.0 Å². The quantitative estimate of drug-likeness (QED) is 0.126. The number of hydrogen-bond donors (Lipinski definition) is 6. The highest BCUT2D eigenvalue weighted by molar-refractivity contribution is 7.47. The summed E-state index contributed by atoms with van der Waals surface area (Å²) >= 11 is 0. The van der Waals surface area contributed by atoms with Crippen molar-refractivity contribution < 1.29 is 47.1 Å². The van der Waals surface area contributed by atoms with Crippen molar-refractivity contribution in [3.8, 4) is 0 Å². The highest BCUT2D eigenvalue weighted by atomic mass is 31.2. The van der Waals surface area contributed by atoms with Crippen molar-refractivity contribution in [2.45, 2.75) is 49.2 Å². The van der Waals surface area contributed by atoms with Gasteiger partial charge in [-0.25, -0.2) is 19.5 Å². The number of ether oxygens (including phenoxy) is 1. The fourth-order valence-electron chi connectivity index (χ4n) is 6.65. The molecular formula is C21H25N11O11P2. The number of nitrogen functional groups attached to an aromatic ring is 2. The zero-order chi connectivity index (χ0) is 31.4. The molecule has 4 aromatic heterocycles. The summed E-state index contributed by atoms with van der Waals surface area (Å²) < 4.78 is 57.0. The van der Waals surface area contributed by atoms with Crippen molar-refractivity contribution >= 4 is 50.2 Å². The van der Waals surface area contributed by atoms with Crippen LogP contribution in [0.2, 0.25) is 0 Å². The van der Waals surface area contributed by atoms with Crippen LogP contribution in [0, 0.1) is 11.3 Å². The first-order valence-corrected chi connectivity index (χ1v) is 16.2. The van der Waals surface area contributed by atoms with E-state index in [4.69, 9.17) is 34.3 Å². The molecule has 45 heavy (non-hydrogen) atoms. The van der Waals surface area contributed by atoms with E-state index in [9.17, 15) is 29.0 Å². The van der Waals surface area contributed by atoms with Crippen LogP contribution in [0.4, 0.5) is 11.8 Å². The van der Waals surface area contributed by atoms with Gasteiger partial charge in [0.05, 0.1) is 25.6 Å². The first-order valence-electron chi connectivity index (χ1n) is 13.5. The molecular weight excluding hydrogens is 644 g/mol. The van der Waals surface area contributed by atoms with E-state index in [0.717, 1.165) is 4.68 Å². The lowest BCUT2D eigenvalue weighted by atomic mass is 10.0. The van der Waals surface area contributed by atoms with Crippen molar-refractivity contribution in [2.75, 3.05) is 24.7 Å². The fraction of sp³-hybridized carbons (Fsp3) is 0.571. The fourth-order valence-corrected chi connectivity index (χ4v) is 8.60. The molecule has 22 nitrogen and oxygen atoms in total. The second kappa shape index (κ2) is 10.0. The molecule has 0 radical (unpaired) electrons. The maximum absolute atomic E-state index is 13.4. The number of rotatable bonds is 2. The highest BCUT2D eigenvalue weighted by Gasteiger charge is 2.73. The molecule has 11 atom stereocenters. The number of aliphatic hydroxyl groups is 2. The van der Waals surface area contributed by atoms with Gasteiger partial charge >= 0.3 is 16.1 Å². The minimum atomic E-state index is -5.00. The summed E-state index contributed by atoms with van der Waals surface area (Å²) in [6, 6.07) is -0.714. The van der Waals surface area contributed by atoms with Crippen molar-refractivity contribution in [1.29, 1.82) is 0 Å². The van der Waals surface area contributed by atoms with E-state index < -0.39 is 89.0 Å². The SMILES string of the molecule is Nc1nc2c(nnn2[C@@H]2O[C@@H]3CO[PH](=O)O[C@H]4[C@@H](O)[C@H](n5cnc6c(N)ncnc65)[C@H]5C[C@]54COP(=O)(O)O[C@@H]2[C@@H]3O)c(=O)[nH]1. The molecule has 4 aromatic rings. The third-order valence-corrected chi connectivity index (χ3v) is 10.6. The topological polar surface area (TPSA) is 313 Å². The zero-order valence-corrected chi connectivity index (χ0v) is 24.6. The van der Waals surface area contributed by atoms with Gasteiger partial charge < -0.3 is 44.9 Å². The molecule has 6 heterocycles. The van der Waals surface area contributed by atoms with Crippen LogP contribution in [0.3, 0.4) is 0 Å². The van der Waals surface area contributed by atoms with Crippen LogP contribution in [0.1, 0.15) is 18.7 Å². The average Bonchev–Trinajstić information content (AvgIpc) is 3.26. The molecule has 4 aliphatic rings. The molecule has 24 heteroatoms. The Morgan fingerprint density at radius 3 is 2.80 bits per heavy atom. The number of nitrogens with two attached hydrogens (primary N) is 2. The molecule has 2 saturated carbocycles. The van der Waals surface area contributed by atoms with Gasteiger partial charge in [0.1, 0.15) is 42.4 Å². The number of anilines is 2. The Hall–Kier alpha value is -3.43. The van der Waals surface area contributed by atoms with Crippen molar-refractivity contribution in [2.24, 2.45) is 11.3 Å². The summed E-state index contributed by atoms with van der Waals surface area (Å²) in [6.45, 7) is -1.00. The van der Waals surface area contributed by atoms with E-state index in [-0.39, 0.29) is 22.9 Å². The van der Waals surface area contributed by atoms with E-state index in [1.165, 1.54) is 12.7 Å². The van der Waals surface area contributed by atoms with Crippen LogP contribution < -0.4 is 17.0 Å². The number of H-pyrrole nitrogens is 1. The maximum atomic E-state index is 13.4. The third kappa shape index (κ3) is 4.44. The van der Waals surface area contributed by atoms with Gasteiger partial charge in [-0.15, -0.1) is 5.10 Å². The first-order chi connectivity index (χ1) is 21.5. The molecule has 2 aliphatic carbocycles. The molecule has 0 aromatic carbocycles. The van der Waals surface area contributed by atoms with Gasteiger partial charge in [0.15, 0.2) is 28.9 Å². The number of aromatic amines is 1. The van der Waals surface area contributed by atoms with Gasteiger partial charge in [-0.1, -0.05) is 5.21 Å².